The molecule has 0 radical (unpaired) electrons. The number of hydrogen-bond donors (Lipinski definition) is 0. The molecule has 0 saturated heterocycles. The molecule has 2 aromatic heterocycles. The van der Waals surface area contributed by atoms with E-state index >= 15 is 0 Å². The molecule has 0 saturated carbocycles. The van der Waals surface area contributed by atoms with Crippen molar-refractivity contribution in [3.8, 4) is 23.0 Å². The van der Waals surface area contributed by atoms with Crippen LogP contribution < -0.4 is 4.57 Å². The molecule has 9 heteroatoms. The van der Waals surface area contributed by atoms with E-state index in [9.17, 15) is 13.2 Å². The van der Waals surface area contributed by atoms with Crippen LogP contribution in [0.4, 0.5) is 13.2 Å². The standard InChI is InChI=1S/C26H19N2.CHF3O3S/c1-27-18-19-28-24-15-9-8-14-22(24)25(21-12-6-3-7-13-21)23(26(27)28)17-16-20-10-4-2-5-11-20;2-1(3,4)8(5,6)7/h2-15,18-19H,1H3;(H,5,6,7)/q+1;/p-1. The van der Waals surface area contributed by atoms with Gasteiger partial charge in [-0.3, -0.25) is 0 Å². The second kappa shape index (κ2) is 9.85. The van der Waals surface area contributed by atoms with Crippen LogP contribution in [0.15, 0.2) is 97.3 Å². The molecule has 5 nitrogen and oxygen atoms in total. The zero-order chi connectivity index (χ0) is 25.9. The second-order valence-corrected chi connectivity index (χ2v) is 9.12. The first kappa shape index (κ1) is 25.0. The van der Waals surface area contributed by atoms with Crippen LogP contribution in [0.3, 0.4) is 0 Å². The highest BCUT2D eigenvalue weighted by atomic mass is 32.2. The highest BCUT2D eigenvalue weighted by molar-refractivity contribution is 7.86. The number of imidazole rings is 1. The molecule has 5 rings (SSSR count). The van der Waals surface area contributed by atoms with Gasteiger partial charge in [-0.2, -0.15) is 17.6 Å². The third-order valence-electron chi connectivity index (χ3n) is 5.36. The molecule has 0 aliphatic carbocycles. The summed E-state index contributed by atoms with van der Waals surface area (Å²) in [5.41, 5.74) is 1.06. The van der Waals surface area contributed by atoms with E-state index in [4.69, 9.17) is 13.0 Å². The van der Waals surface area contributed by atoms with Crippen LogP contribution in [0.25, 0.3) is 27.7 Å². The summed E-state index contributed by atoms with van der Waals surface area (Å²) in [6.45, 7) is 0. The molecule has 0 atom stereocenters. The molecule has 0 N–H and O–H groups in total. The number of aryl methyl sites for hydroxylation is 1. The minimum absolute atomic E-state index is 1.02. The third kappa shape index (κ3) is 5.10. The van der Waals surface area contributed by atoms with E-state index in [0.717, 1.165) is 16.8 Å². The fourth-order valence-electron chi connectivity index (χ4n) is 3.79. The van der Waals surface area contributed by atoms with Crippen LogP contribution in [-0.4, -0.2) is 22.9 Å². The quantitative estimate of drug-likeness (QED) is 0.138. The third-order valence-corrected chi connectivity index (χ3v) is 5.93. The van der Waals surface area contributed by atoms with E-state index in [1.165, 1.54) is 22.0 Å². The minimum Gasteiger partial charge on any atom is -0.741 e. The highest BCUT2D eigenvalue weighted by Crippen LogP contribution is 2.33. The van der Waals surface area contributed by atoms with E-state index in [-0.39, 0.29) is 0 Å². The van der Waals surface area contributed by atoms with Crippen molar-refractivity contribution in [3.63, 3.8) is 0 Å². The summed E-state index contributed by atoms with van der Waals surface area (Å²) in [5.74, 6) is 6.87. The minimum atomic E-state index is -6.09. The van der Waals surface area contributed by atoms with Gasteiger partial charge in [0.15, 0.2) is 10.1 Å². The first-order chi connectivity index (χ1) is 17.1. The number of hydrogen-bond acceptors (Lipinski definition) is 3. The van der Waals surface area contributed by atoms with Crippen LogP contribution in [0.1, 0.15) is 11.1 Å². The Bertz CT molecular complexity index is 1700. The summed E-state index contributed by atoms with van der Waals surface area (Å²) in [7, 11) is -4.01. The van der Waals surface area contributed by atoms with Gasteiger partial charge < -0.3 is 4.55 Å². The van der Waals surface area contributed by atoms with Crippen LogP contribution in [0.2, 0.25) is 0 Å². The number of halogens is 3. The number of benzene rings is 3. The summed E-state index contributed by atoms with van der Waals surface area (Å²) < 4.78 is 63.3. The molecule has 2 heterocycles. The van der Waals surface area contributed by atoms with E-state index in [2.05, 4.69) is 94.8 Å². The van der Waals surface area contributed by atoms with Gasteiger partial charge in [-0.05, 0) is 23.8 Å². The average molecular weight is 509 g/mol. The Balaban J connectivity index is 0.000000331. The number of aromatic nitrogens is 2. The smallest absolute Gasteiger partial charge is 0.485 e. The average Bonchev–Trinajstić information content (AvgIpc) is 3.24. The first-order valence-electron chi connectivity index (χ1n) is 10.6. The SMILES string of the molecule is C[n+]1ccn2c3ccccc3c(-c3ccccc3)c(C#Cc3ccccc3)c21.O=S(=O)([O-])C(F)(F)F. The lowest BCUT2D eigenvalue weighted by molar-refractivity contribution is -0.644. The monoisotopic (exact) mass is 508 g/mol. The lowest BCUT2D eigenvalue weighted by Crippen LogP contribution is -2.27. The lowest BCUT2D eigenvalue weighted by Gasteiger charge is -2.10. The van der Waals surface area contributed by atoms with Gasteiger partial charge in [-0.25, -0.2) is 13.0 Å². The zero-order valence-corrected chi connectivity index (χ0v) is 19.7. The van der Waals surface area contributed by atoms with E-state index in [1.54, 1.807) is 0 Å². The summed E-state index contributed by atoms with van der Waals surface area (Å²) in [5, 5.41) is 1.20. The molecule has 0 spiro atoms. The van der Waals surface area contributed by atoms with Gasteiger partial charge in [0.1, 0.15) is 23.5 Å². The van der Waals surface area contributed by atoms with Crippen molar-refractivity contribution in [1.29, 1.82) is 0 Å². The Morgan fingerprint density at radius 2 is 1.42 bits per heavy atom. The predicted octanol–water partition coefficient (Wildman–Crippen LogP) is 5.04. The van der Waals surface area contributed by atoms with Gasteiger partial charge in [0.2, 0.25) is 0 Å². The van der Waals surface area contributed by atoms with Crippen LogP contribution in [-0.2, 0) is 17.2 Å². The molecule has 182 valence electrons. The Kier molecular flexibility index (Phi) is 6.84. The molecule has 0 aliphatic rings. The predicted molar refractivity (Wildman–Crippen MR) is 130 cm³/mol. The molecule has 0 amide bonds. The molecular formula is C27H19F3N2O3S. The maximum absolute atomic E-state index is 10.7. The Hall–Kier alpha value is -4.13. The first-order valence-corrected chi connectivity index (χ1v) is 12.0. The Morgan fingerprint density at radius 1 is 0.861 bits per heavy atom. The summed E-state index contributed by atoms with van der Waals surface area (Å²) in [4.78, 5) is 0. The van der Waals surface area contributed by atoms with E-state index < -0.39 is 15.6 Å². The van der Waals surface area contributed by atoms with Gasteiger partial charge in [-0.15, -0.1) is 0 Å². The van der Waals surface area contributed by atoms with Gasteiger partial charge in [0, 0.05) is 16.5 Å². The van der Waals surface area contributed by atoms with Gasteiger partial charge in [0.05, 0.1) is 7.05 Å². The van der Waals surface area contributed by atoms with Gasteiger partial charge in [0.25, 0.3) is 0 Å². The second-order valence-electron chi connectivity index (χ2n) is 7.75. The summed E-state index contributed by atoms with van der Waals surface area (Å²) >= 11 is 0. The van der Waals surface area contributed by atoms with E-state index in [1.807, 2.05) is 30.3 Å². The maximum Gasteiger partial charge on any atom is 0.485 e. The van der Waals surface area contributed by atoms with Crippen molar-refractivity contribution in [2.75, 3.05) is 0 Å². The fraction of sp³-hybridized carbons (Fsp3) is 0.0741. The maximum atomic E-state index is 10.7. The topological polar surface area (TPSA) is 65.5 Å². The van der Waals surface area contributed by atoms with Crippen LogP contribution in [0.5, 0.6) is 0 Å². The molecule has 0 unspecified atom stereocenters. The van der Waals surface area contributed by atoms with Crippen molar-refractivity contribution in [1.82, 2.24) is 4.40 Å². The zero-order valence-electron chi connectivity index (χ0n) is 18.9. The molecular weight excluding hydrogens is 489 g/mol. The number of fused-ring (bicyclic) bond motifs is 3. The number of rotatable bonds is 1. The number of alkyl halides is 3. The number of para-hydroxylation sites is 1. The van der Waals surface area contributed by atoms with Crippen molar-refractivity contribution < 1.29 is 30.7 Å². The van der Waals surface area contributed by atoms with Crippen molar-refractivity contribution in [2.45, 2.75) is 5.51 Å². The van der Waals surface area contributed by atoms with E-state index in [0.29, 0.717) is 0 Å². The summed E-state index contributed by atoms with van der Waals surface area (Å²) in [6.07, 6.45) is 4.20. The molecule has 0 fully saturated rings. The Morgan fingerprint density at radius 3 is 2.03 bits per heavy atom. The Labute approximate surface area is 205 Å². The molecule has 3 aromatic carbocycles. The largest absolute Gasteiger partial charge is 0.741 e. The van der Waals surface area contributed by atoms with Crippen molar-refractivity contribution in [2.24, 2.45) is 7.05 Å². The molecule has 36 heavy (non-hydrogen) atoms. The van der Waals surface area contributed by atoms with Crippen LogP contribution in [0, 0.1) is 11.8 Å². The van der Waals surface area contributed by atoms with Crippen molar-refractivity contribution in [3.05, 3.63) is 108 Å². The fourth-order valence-corrected chi connectivity index (χ4v) is 3.79. The number of pyridine rings is 1. The molecule has 5 aromatic rings. The summed E-state index contributed by atoms with van der Waals surface area (Å²) in [6, 6.07) is 29.2. The van der Waals surface area contributed by atoms with Crippen LogP contribution >= 0.6 is 0 Å². The van der Waals surface area contributed by atoms with Crippen molar-refractivity contribution >= 4 is 26.7 Å². The highest BCUT2D eigenvalue weighted by Gasteiger charge is 2.36. The lowest BCUT2D eigenvalue weighted by atomic mass is 9.95. The van der Waals surface area contributed by atoms with Gasteiger partial charge >= 0.3 is 11.2 Å². The molecule has 0 aliphatic heterocycles. The normalized spacial score (nSPS) is 11.5. The van der Waals surface area contributed by atoms with Gasteiger partial charge in [-0.1, -0.05) is 78.6 Å². The number of nitrogens with zero attached hydrogens (tertiary/aromatic N) is 2. The molecule has 0 bridgehead atoms.